The van der Waals surface area contributed by atoms with Crippen LogP contribution in [0.5, 0.6) is 11.5 Å². The van der Waals surface area contributed by atoms with Crippen LogP contribution in [-0.2, 0) is 0 Å². The van der Waals surface area contributed by atoms with E-state index in [1.165, 1.54) is 0 Å². The molecule has 0 aromatic heterocycles. The number of hydrogen-bond donors (Lipinski definition) is 2. The molecule has 0 atom stereocenters. The van der Waals surface area contributed by atoms with Crippen LogP contribution in [0.4, 0.5) is 0 Å². The van der Waals surface area contributed by atoms with Gasteiger partial charge in [0.25, 0.3) is 0 Å². The molecule has 0 aliphatic carbocycles. The van der Waals surface area contributed by atoms with Crippen LogP contribution in [0.2, 0.25) is 0 Å². The Morgan fingerprint density at radius 2 is 0.656 bits per heavy atom. The van der Waals surface area contributed by atoms with Gasteiger partial charge in [-0.3, -0.25) is 0 Å². The van der Waals surface area contributed by atoms with Crippen LogP contribution in [0.15, 0.2) is 133 Å². The van der Waals surface area contributed by atoms with Crippen molar-refractivity contribution in [3.8, 4) is 44.9 Å². The van der Waals surface area contributed by atoms with E-state index in [0.717, 1.165) is 33.4 Å². The lowest BCUT2D eigenvalue weighted by Crippen LogP contribution is -1.83. The molecule has 32 heavy (non-hydrogen) atoms. The summed E-state index contributed by atoms with van der Waals surface area (Å²) in [4.78, 5) is 0. The van der Waals surface area contributed by atoms with Crippen LogP contribution in [0, 0.1) is 0 Å². The number of para-hydroxylation sites is 2. The van der Waals surface area contributed by atoms with Gasteiger partial charge in [-0.2, -0.15) is 0 Å². The Morgan fingerprint density at radius 1 is 0.312 bits per heavy atom. The summed E-state index contributed by atoms with van der Waals surface area (Å²) in [7, 11) is 0. The third-order valence-electron chi connectivity index (χ3n) is 5.19. The zero-order chi connectivity index (χ0) is 22.2. The highest BCUT2D eigenvalue weighted by Crippen LogP contribution is 2.37. The highest BCUT2D eigenvalue weighted by Gasteiger charge is 2.09. The average Bonchev–Trinajstić information content (AvgIpc) is 2.86. The molecule has 0 bridgehead atoms. The van der Waals surface area contributed by atoms with E-state index in [1.54, 1.807) is 6.07 Å². The second-order valence-electron chi connectivity index (χ2n) is 7.32. The number of aromatic hydroxyl groups is 2. The smallest absolute Gasteiger partial charge is 0.131 e. The topological polar surface area (TPSA) is 40.5 Å². The Hall–Kier alpha value is -4.30. The van der Waals surface area contributed by atoms with E-state index in [9.17, 15) is 10.2 Å². The molecule has 0 saturated heterocycles. The number of benzene rings is 5. The molecule has 0 saturated carbocycles. The summed E-state index contributed by atoms with van der Waals surface area (Å²) < 4.78 is 0. The Balaban J connectivity index is 0.000000165. The van der Waals surface area contributed by atoms with E-state index in [4.69, 9.17) is 0 Å². The van der Waals surface area contributed by atoms with Gasteiger partial charge < -0.3 is 10.2 Å². The fourth-order valence-corrected chi connectivity index (χ4v) is 3.58. The minimum Gasteiger partial charge on any atom is -0.507 e. The van der Waals surface area contributed by atoms with Crippen molar-refractivity contribution in [2.45, 2.75) is 0 Å². The highest BCUT2D eigenvalue weighted by molar-refractivity contribution is 5.81. The van der Waals surface area contributed by atoms with E-state index < -0.39 is 0 Å². The lowest BCUT2D eigenvalue weighted by Gasteiger charge is -2.10. The van der Waals surface area contributed by atoms with Gasteiger partial charge in [0.15, 0.2) is 0 Å². The summed E-state index contributed by atoms with van der Waals surface area (Å²) in [5.41, 5.74) is 5.70. The third-order valence-corrected chi connectivity index (χ3v) is 5.19. The monoisotopic (exact) mass is 416 g/mol. The lowest BCUT2D eigenvalue weighted by molar-refractivity contribution is 0.477. The summed E-state index contributed by atoms with van der Waals surface area (Å²) >= 11 is 0. The van der Waals surface area contributed by atoms with Gasteiger partial charge in [-0.1, -0.05) is 127 Å². The standard InChI is InChI=1S/C18H14O.C12H10O/c19-18-16(14-8-3-1-4-9-14)12-7-13-17(18)15-10-5-2-6-11-15;13-12-9-5-4-8-11(12)10-6-2-1-3-7-10/h1-13,19H;1-9,13H. The second-order valence-corrected chi connectivity index (χ2v) is 7.32. The third kappa shape index (κ3) is 4.88. The molecule has 0 fully saturated rings. The molecule has 2 N–H and O–H groups in total. The average molecular weight is 417 g/mol. The molecular formula is C30H24O2. The minimum atomic E-state index is 0.328. The maximum Gasteiger partial charge on any atom is 0.131 e. The predicted octanol–water partition coefficient (Wildman–Crippen LogP) is 7.79. The SMILES string of the molecule is Oc1c(-c2ccccc2)cccc1-c1ccccc1.Oc1ccccc1-c1ccccc1. The number of hydrogen-bond acceptors (Lipinski definition) is 2. The van der Waals surface area contributed by atoms with E-state index in [0.29, 0.717) is 11.5 Å². The van der Waals surface area contributed by atoms with Gasteiger partial charge in [-0.15, -0.1) is 0 Å². The van der Waals surface area contributed by atoms with Gasteiger partial charge >= 0.3 is 0 Å². The summed E-state index contributed by atoms with van der Waals surface area (Å²) in [6, 6.07) is 42.9. The molecule has 0 aliphatic rings. The first-order valence-electron chi connectivity index (χ1n) is 10.5. The summed E-state index contributed by atoms with van der Waals surface area (Å²) in [5, 5.41) is 20.1. The van der Waals surface area contributed by atoms with Crippen molar-refractivity contribution < 1.29 is 10.2 Å². The zero-order valence-electron chi connectivity index (χ0n) is 17.6. The Morgan fingerprint density at radius 3 is 1.09 bits per heavy atom. The van der Waals surface area contributed by atoms with Crippen molar-refractivity contribution in [1.29, 1.82) is 0 Å². The summed E-state index contributed by atoms with van der Waals surface area (Å²) in [6.07, 6.45) is 0. The second kappa shape index (κ2) is 10.1. The maximum absolute atomic E-state index is 10.5. The quantitative estimate of drug-likeness (QED) is 0.315. The molecule has 2 nitrogen and oxygen atoms in total. The molecule has 0 unspecified atom stereocenters. The number of phenols is 2. The van der Waals surface area contributed by atoms with Gasteiger partial charge in [0, 0.05) is 16.7 Å². The summed E-state index contributed by atoms with van der Waals surface area (Å²) in [5.74, 6) is 0.661. The van der Waals surface area contributed by atoms with Crippen LogP contribution in [0.3, 0.4) is 0 Å². The normalized spacial score (nSPS) is 10.1. The van der Waals surface area contributed by atoms with Crippen molar-refractivity contribution >= 4 is 0 Å². The van der Waals surface area contributed by atoms with Crippen LogP contribution in [-0.4, -0.2) is 10.2 Å². The van der Waals surface area contributed by atoms with Crippen LogP contribution in [0.1, 0.15) is 0 Å². The first-order chi connectivity index (χ1) is 15.7. The predicted molar refractivity (Wildman–Crippen MR) is 133 cm³/mol. The van der Waals surface area contributed by atoms with Gasteiger partial charge in [0.05, 0.1) is 0 Å². The minimum absolute atomic E-state index is 0.328. The van der Waals surface area contributed by atoms with Crippen LogP contribution in [0.25, 0.3) is 33.4 Å². The Kier molecular flexibility index (Phi) is 6.64. The molecule has 5 aromatic carbocycles. The fourth-order valence-electron chi connectivity index (χ4n) is 3.58. The Bertz CT molecular complexity index is 1210. The lowest BCUT2D eigenvalue weighted by atomic mass is 9.97. The molecule has 0 spiro atoms. The van der Waals surface area contributed by atoms with E-state index in [2.05, 4.69) is 0 Å². The molecule has 0 aliphatic heterocycles. The summed E-state index contributed by atoms with van der Waals surface area (Å²) in [6.45, 7) is 0. The molecule has 156 valence electrons. The molecule has 5 aromatic rings. The zero-order valence-corrected chi connectivity index (χ0v) is 17.6. The highest BCUT2D eigenvalue weighted by atomic mass is 16.3. The molecule has 0 heterocycles. The van der Waals surface area contributed by atoms with Gasteiger partial charge in [0.1, 0.15) is 11.5 Å². The number of rotatable bonds is 3. The van der Waals surface area contributed by atoms with E-state index >= 15 is 0 Å². The fraction of sp³-hybridized carbons (Fsp3) is 0. The van der Waals surface area contributed by atoms with Crippen molar-refractivity contribution in [3.05, 3.63) is 133 Å². The van der Waals surface area contributed by atoms with Gasteiger partial charge in [-0.05, 0) is 22.8 Å². The maximum atomic E-state index is 10.5. The molecular weight excluding hydrogens is 392 g/mol. The van der Waals surface area contributed by atoms with E-state index in [-0.39, 0.29) is 0 Å². The molecule has 0 amide bonds. The molecule has 5 rings (SSSR count). The molecule has 0 radical (unpaired) electrons. The van der Waals surface area contributed by atoms with E-state index in [1.807, 2.05) is 127 Å². The first kappa shape index (κ1) is 21.0. The molecule has 2 heteroatoms. The largest absolute Gasteiger partial charge is 0.507 e. The Labute approximate surface area is 188 Å². The van der Waals surface area contributed by atoms with Crippen molar-refractivity contribution in [3.63, 3.8) is 0 Å². The van der Waals surface area contributed by atoms with Gasteiger partial charge in [0.2, 0.25) is 0 Å². The van der Waals surface area contributed by atoms with Gasteiger partial charge in [-0.25, -0.2) is 0 Å². The first-order valence-corrected chi connectivity index (χ1v) is 10.5. The van der Waals surface area contributed by atoms with Crippen LogP contribution >= 0.6 is 0 Å². The van der Waals surface area contributed by atoms with Crippen molar-refractivity contribution in [1.82, 2.24) is 0 Å². The van der Waals surface area contributed by atoms with Crippen LogP contribution < -0.4 is 0 Å². The number of phenolic OH excluding ortho intramolecular Hbond substituents is 2. The van der Waals surface area contributed by atoms with Crippen molar-refractivity contribution in [2.24, 2.45) is 0 Å². The van der Waals surface area contributed by atoms with Crippen molar-refractivity contribution in [2.75, 3.05) is 0 Å².